The maximum absolute atomic E-state index is 13.5. The van der Waals surface area contributed by atoms with Gasteiger partial charge in [-0.05, 0) is 31.2 Å². The summed E-state index contributed by atoms with van der Waals surface area (Å²) < 4.78 is 34.1. The number of halogens is 1. The molecule has 1 heterocycles. The van der Waals surface area contributed by atoms with Crippen LogP contribution in [0.15, 0.2) is 65.6 Å². The number of rotatable bonds is 7. The summed E-state index contributed by atoms with van der Waals surface area (Å²) in [5, 5.41) is 4.70. The number of carbonyl (C=O) groups excluding carboxylic acids is 1. The van der Waals surface area contributed by atoms with E-state index in [2.05, 4.69) is 5.32 Å². The quantitative estimate of drug-likeness (QED) is 0.548. The molecule has 1 aliphatic rings. The lowest BCUT2D eigenvalue weighted by Gasteiger charge is -2.33. The first-order chi connectivity index (χ1) is 15.9. The summed E-state index contributed by atoms with van der Waals surface area (Å²) in [6, 6.07) is 17.8. The van der Waals surface area contributed by atoms with E-state index in [-0.39, 0.29) is 17.3 Å². The van der Waals surface area contributed by atoms with E-state index < -0.39 is 10.0 Å². The van der Waals surface area contributed by atoms with Crippen molar-refractivity contribution in [3.8, 4) is 5.75 Å². The molecule has 1 saturated heterocycles. The van der Waals surface area contributed by atoms with Gasteiger partial charge in [0.1, 0.15) is 5.75 Å². The Morgan fingerprint density at radius 2 is 1.64 bits per heavy atom. The number of benzene rings is 3. The molecule has 0 atom stereocenters. The summed E-state index contributed by atoms with van der Waals surface area (Å²) in [6.07, 6.45) is 0. The molecule has 0 aromatic heterocycles. The Kier molecular flexibility index (Phi) is 7.19. The van der Waals surface area contributed by atoms with Gasteiger partial charge in [-0.15, -0.1) is 0 Å². The molecule has 0 aliphatic carbocycles. The summed E-state index contributed by atoms with van der Waals surface area (Å²) in [5.74, 6) is 0.485. The second-order valence-electron chi connectivity index (χ2n) is 7.75. The molecule has 3 aromatic carbocycles. The average molecular weight is 488 g/mol. The molecule has 9 heteroatoms. The zero-order chi connectivity index (χ0) is 23.4. The van der Waals surface area contributed by atoms with Gasteiger partial charge in [-0.3, -0.25) is 9.69 Å². The minimum Gasteiger partial charge on any atom is -0.493 e. The van der Waals surface area contributed by atoms with Crippen LogP contribution in [0.4, 0.5) is 5.69 Å². The number of fused-ring (bicyclic) bond motifs is 1. The van der Waals surface area contributed by atoms with Crippen LogP contribution in [-0.4, -0.2) is 62.9 Å². The van der Waals surface area contributed by atoms with Crippen LogP contribution < -0.4 is 10.1 Å². The zero-order valence-electron chi connectivity index (χ0n) is 18.3. The molecule has 33 heavy (non-hydrogen) atoms. The van der Waals surface area contributed by atoms with Crippen LogP contribution in [0.2, 0.25) is 5.02 Å². The second-order valence-corrected chi connectivity index (χ2v) is 10.1. The Morgan fingerprint density at radius 1 is 0.970 bits per heavy atom. The molecule has 1 N–H and O–H groups in total. The van der Waals surface area contributed by atoms with E-state index in [4.69, 9.17) is 16.3 Å². The van der Waals surface area contributed by atoms with Crippen LogP contribution in [0.1, 0.15) is 6.92 Å². The lowest BCUT2D eigenvalue weighted by Crippen LogP contribution is -2.50. The van der Waals surface area contributed by atoms with E-state index in [0.717, 1.165) is 5.39 Å². The van der Waals surface area contributed by atoms with Crippen molar-refractivity contribution in [1.82, 2.24) is 9.21 Å². The predicted molar refractivity (Wildman–Crippen MR) is 130 cm³/mol. The highest BCUT2D eigenvalue weighted by Crippen LogP contribution is 2.33. The SMILES string of the molecule is CCOc1ccc(S(=O)(=O)N2CCN(CC(=O)Nc3ccccc3Cl)CC2)c2ccccc12. The normalized spacial score (nSPS) is 15.5. The van der Waals surface area contributed by atoms with Gasteiger partial charge in [-0.25, -0.2) is 8.42 Å². The third kappa shape index (κ3) is 5.14. The van der Waals surface area contributed by atoms with Gasteiger partial charge in [0.15, 0.2) is 0 Å². The molecule has 3 aromatic rings. The van der Waals surface area contributed by atoms with E-state index in [0.29, 0.717) is 54.6 Å². The number of ether oxygens (including phenoxy) is 1. The van der Waals surface area contributed by atoms with Crippen LogP contribution in [0.5, 0.6) is 5.75 Å². The van der Waals surface area contributed by atoms with Gasteiger partial charge in [0, 0.05) is 37.0 Å². The topological polar surface area (TPSA) is 79.0 Å². The molecule has 174 valence electrons. The number of piperazine rings is 1. The first kappa shape index (κ1) is 23.5. The Morgan fingerprint density at radius 3 is 2.33 bits per heavy atom. The minimum absolute atomic E-state index is 0.172. The largest absolute Gasteiger partial charge is 0.493 e. The summed E-state index contributed by atoms with van der Waals surface area (Å²) in [5.41, 5.74) is 0.563. The van der Waals surface area contributed by atoms with Crippen molar-refractivity contribution in [2.45, 2.75) is 11.8 Å². The zero-order valence-corrected chi connectivity index (χ0v) is 19.9. The number of amides is 1. The molecule has 0 saturated carbocycles. The number of sulfonamides is 1. The van der Waals surface area contributed by atoms with Crippen molar-refractivity contribution in [3.63, 3.8) is 0 Å². The van der Waals surface area contributed by atoms with Crippen molar-refractivity contribution < 1.29 is 17.9 Å². The van der Waals surface area contributed by atoms with Crippen molar-refractivity contribution >= 4 is 44.0 Å². The lowest BCUT2D eigenvalue weighted by molar-refractivity contribution is -0.117. The molecule has 0 unspecified atom stereocenters. The number of hydrogen-bond donors (Lipinski definition) is 1. The molecule has 0 spiro atoms. The molecule has 0 radical (unpaired) electrons. The second kappa shape index (κ2) is 10.1. The summed E-state index contributed by atoms with van der Waals surface area (Å²) in [6.45, 7) is 4.11. The third-order valence-corrected chi connectivity index (χ3v) is 7.89. The van der Waals surface area contributed by atoms with Gasteiger partial charge < -0.3 is 10.1 Å². The molecular weight excluding hydrogens is 462 g/mol. The molecule has 1 amide bonds. The highest BCUT2D eigenvalue weighted by molar-refractivity contribution is 7.89. The Hall–Kier alpha value is -2.65. The molecule has 1 fully saturated rings. The van der Waals surface area contributed by atoms with E-state index in [1.54, 1.807) is 42.5 Å². The van der Waals surface area contributed by atoms with Crippen LogP contribution in [0, 0.1) is 0 Å². The molecule has 1 aliphatic heterocycles. The van der Waals surface area contributed by atoms with E-state index in [9.17, 15) is 13.2 Å². The lowest BCUT2D eigenvalue weighted by atomic mass is 10.1. The molecule has 0 bridgehead atoms. The summed E-state index contributed by atoms with van der Waals surface area (Å²) >= 11 is 6.10. The Labute approximate surface area is 198 Å². The molecular formula is C24H26ClN3O4S. The first-order valence-corrected chi connectivity index (χ1v) is 12.6. The fraction of sp³-hybridized carbons (Fsp3) is 0.292. The fourth-order valence-corrected chi connectivity index (χ4v) is 5.77. The smallest absolute Gasteiger partial charge is 0.243 e. The monoisotopic (exact) mass is 487 g/mol. The van der Waals surface area contributed by atoms with Gasteiger partial charge in [-0.2, -0.15) is 4.31 Å². The van der Waals surface area contributed by atoms with E-state index >= 15 is 0 Å². The van der Waals surface area contributed by atoms with Gasteiger partial charge >= 0.3 is 0 Å². The van der Waals surface area contributed by atoms with Crippen LogP contribution in [0.25, 0.3) is 10.8 Å². The average Bonchev–Trinajstić information content (AvgIpc) is 2.81. The Bertz CT molecular complexity index is 1260. The van der Waals surface area contributed by atoms with Crippen LogP contribution in [0.3, 0.4) is 0 Å². The number of anilines is 1. The third-order valence-electron chi connectivity index (χ3n) is 5.61. The van der Waals surface area contributed by atoms with Crippen molar-refractivity contribution in [2.24, 2.45) is 0 Å². The Balaban J connectivity index is 1.44. The van der Waals surface area contributed by atoms with Crippen molar-refractivity contribution in [1.29, 1.82) is 0 Å². The van der Waals surface area contributed by atoms with Gasteiger partial charge in [-0.1, -0.05) is 48.0 Å². The van der Waals surface area contributed by atoms with Gasteiger partial charge in [0.2, 0.25) is 15.9 Å². The van der Waals surface area contributed by atoms with Crippen molar-refractivity contribution in [2.75, 3.05) is 44.6 Å². The molecule has 7 nitrogen and oxygen atoms in total. The standard InChI is InChI=1S/C24H26ClN3O4S/c1-2-32-22-11-12-23(19-8-4-3-7-18(19)22)33(30,31)28-15-13-27(14-16-28)17-24(29)26-21-10-6-5-9-20(21)25/h3-12H,2,13-17H2,1H3,(H,26,29). The number of carbonyl (C=O) groups is 1. The van der Waals surface area contributed by atoms with Gasteiger partial charge in [0.25, 0.3) is 0 Å². The van der Waals surface area contributed by atoms with E-state index in [1.807, 2.05) is 30.0 Å². The maximum Gasteiger partial charge on any atom is 0.243 e. The van der Waals surface area contributed by atoms with Gasteiger partial charge in [0.05, 0.1) is 28.8 Å². The van der Waals surface area contributed by atoms with Crippen LogP contribution in [-0.2, 0) is 14.8 Å². The summed E-state index contributed by atoms with van der Waals surface area (Å²) in [7, 11) is -3.69. The number of nitrogens with one attached hydrogen (secondary N) is 1. The maximum atomic E-state index is 13.5. The number of nitrogens with zero attached hydrogens (tertiary/aromatic N) is 2. The number of hydrogen-bond acceptors (Lipinski definition) is 5. The minimum atomic E-state index is -3.69. The first-order valence-electron chi connectivity index (χ1n) is 10.8. The summed E-state index contributed by atoms with van der Waals surface area (Å²) in [4.78, 5) is 14.6. The number of para-hydroxylation sites is 1. The predicted octanol–water partition coefficient (Wildman–Crippen LogP) is 3.84. The highest BCUT2D eigenvalue weighted by Gasteiger charge is 2.30. The molecule has 4 rings (SSSR count). The van der Waals surface area contributed by atoms with E-state index in [1.165, 1.54) is 4.31 Å². The highest BCUT2D eigenvalue weighted by atomic mass is 35.5. The van der Waals surface area contributed by atoms with Crippen LogP contribution >= 0.6 is 11.6 Å². The fourth-order valence-electron chi connectivity index (χ4n) is 3.97. The van der Waals surface area contributed by atoms with Crippen molar-refractivity contribution in [3.05, 3.63) is 65.7 Å².